The topological polar surface area (TPSA) is 75.3 Å². The second kappa shape index (κ2) is 5.09. The van der Waals surface area contributed by atoms with Gasteiger partial charge in [0.2, 0.25) is 0 Å². The van der Waals surface area contributed by atoms with Crippen LogP contribution in [0.5, 0.6) is 0 Å². The summed E-state index contributed by atoms with van der Waals surface area (Å²) in [5.41, 5.74) is 5.33. The van der Waals surface area contributed by atoms with Crippen molar-refractivity contribution < 1.29 is 9.90 Å². The highest BCUT2D eigenvalue weighted by Crippen LogP contribution is 2.14. The second-order valence-corrected chi connectivity index (χ2v) is 4.46. The Morgan fingerprint density at radius 2 is 2.43 bits per heavy atom. The molecule has 1 heterocycles. The molecule has 78 valence electrons. The average Bonchev–Trinajstić information content (AvgIpc) is 2.51. The van der Waals surface area contributed by atoms with Crippen molar-refractivity contribution in [3.05, 3.63) is 21.9 Å². The first-order valence-corrected chi connectivity index (χ1v) is 5.15. The van der Waals surface area contributed by atoms with Crippen LogP contribution in [0.15, 0.2) is 12.1 Å². The number of carbonyl (C=O) groups is 1. The first-order chi connectivity index (χ1) is 6.59. The largest absolute Gasteiger partial charge is 0.480 e. The number of rotatable bonds is 5. The quantitative estimate of drug-likeness (QED) is 0.669. The van der Waals surface area contributed by atoms with Gasteiger partial charge in [-0.3, -0.25) is 4.79 Å². The van der Waals surface area contributed by atoms with E-state index in [0.717, 1.165) is 0 Å². The smallest absolute Gasteiger partial charge is 0.321 e. The molecular weight excluding hydrogens is 200 g/mol. The molecule has 0 saturated heterocycles. The van der Waals surface area contributed by atoms with Crippen molar-refractivity contribution >= 4 is 17.3 Å². The van der Waals surface area contributed by atoms with Crippen LogP contribution < -0.4 is 11.1 Å². The zero-order chi connectivity index (χ0) is 10.6. The molecule has 1 aromatic rings. The predicted octanol–water partition coefficient (Wildman–Crippen LogP) is 0.558. The second-order valence-electron chi connectivity index (χ2n) is 3.09. The van der Waals surface area contributed by atoms with Gasteiger partial charge < -0.3 is 16.2 Å². The highest BCUT2D eigenvalue weighted by atomic mass is 32.1. The SMILES string of the molecule is Cc1ccc(CNCC(N)C(=O)O)s1. The maximum absolute atomic E-state index is 10.4. The summed E-state index contributed by atoms with van der Waals surface area (Å²) in [5.74, 6) is -0.972. The summed E-state index contributed by atoms with van der Waals surface area (Å²) in [7, 11) is 0. The molecule has 4 nitrogen and oxygen atoms in total. The molecule has 1 atom stereocenters. The lowest BCUT2D eigenvalue weighted by molar-refractivity contribution is -0.138. The standard InChI is InChI=1S/C9H14N2O2S/c1-6-2-3-7(14-6)4-11-5-8(10)9(12)13/h2-3,8,11H,4-5,10H2,1H3,(H,12,13). The van der Waals surface area contributed by atoms with E-state index < -0.39 is 12.0 Å². The van der Waals surface area contributed by atoms with Gasteiger partial charge in [0.1, 0.15) is 6.04 Å². The fourth-order valence-electron chi connectivity index (χ4n) is 1.02. The van der Waals surface area contributed by atoms with Crippen LogP contribution >= 0.6 is 11.3 Å². The van der Waals surface area contributed by atoms with E-state index in [-0.39, 0.29) is 0 Å². The lowest BCUT2D eigenvalue weighted by Gasteiger charge is -2.06. The summed E-state index contributed by atoms with van der Waals surface area (Å²) in [6, 6.07) is 3.24. The molecule has 0 amide bonds. The number of carboxylic acids is 1. The van der Waals surface area contributed by atoms with Gasteiger partial charge in [-0.1, -0.05) is 0 Å². The van der Waals surface area contributed by atoms with Crippen LogP contribution in [0.1, 0.15) is 9.75 Å². The Morgan fingerprint density at radius 3 is 2.93 bits per heavy atom. The molecule has 1 aromatic heterocycles. The van der Waals surface area contributed by atoms with E-state index in [1.165, 1.54) is 9.75 Å². The lowest BCUT2D eigenvalue weighted by Crippen LogP contribution is -2.39. The monoisotopic (exact) mass is 214 g/mol. The predicted molar refractivity (Wildman–Crippen MR) is 56.4 cm³/mol. The Bertz CT molecular complexity index is 312. The molecule has 0 bridgehead atoms. The van der Waals surface area contributed by atoms with Crippen molar-refractivity contribution in [3.8, 4) is 0 Å². The van der Waals surface area contributed by atoms with Gasteiger partial charge in [0.15, 0.2) is 0 Å². The van der Waals surface area contributed by atoms with Crippen LogP contribution in [0.25, 0.3) is 0 Å². The number of aliphatic carboxylic acids is 1. The zero-order valence-corrected chi connectivity index (χ0v) is 8.80. The van der Waals surface area contributed by atoms with Gasteiger partial charge in [-0.25, -0.2) is 0 Å². The van der Waals surface area contributed by atoms with Crippen LogP contribution in [0.3, 0.4) is 0 Å². The van der Waals surface area contributed by atoms with Crippen LogP contribution in [0.4, 0.5) is 0 Å². The van der Waals surface area contributed by atoms with E-state index in [9.17, 15) is 4.79 Å². The number of hydrogen-bond acceptors (Lipinski definition) is 4. The Balaban J connectivity index is 2.25. The van der Waals surface area contributed by atoms with Gasteiger partial charge in [-0.05, 0) is 19.1 Å². The molecule has 4 N–H and O–H groups in total. The number of nitrogens with one attached hydrogen (secondary N) is 1. The molecule has 0 saturated carbocycles. The molecule has 1 unspecified atom stereocenters. The van der Waals surface area contributed by atoms with Gasteiger partial charge >= 0.3 is 5.97 Å². The molecule has 1 rings (SSSR count). The van der Waals surface area contributed by atoms with E-state index in [1.54, 1.807) is 11.3 Å². The molecule has 0 radical (unpaired) electrons. The summed E-state index contributed by atoms with van der Waals surface area (Å²) >= 11 is 1.70. The molecule has 0 spiro atoms. The van der Waals surface area contributed by atoms with E-state index in [1.807, 2.05) is 19.1 Å². The first kappa shape index (κ1) is 11.2. The highest BCUT2D eigenvalue weighted by Gasteiger charge is 2.09. The lowest BCUT2D eigenvalue weighted by atomic mass is 10.3. The number of aryl methyl sites for hydroxylation is 1. The summed E-state index contributed by atoms with van der Waals surface area (Å²) < 4.78 is 0. The Kier molecular flexibility index (Phi) is 4.06. The fourth-order valence-corrected chi connectivity index (χ4v) is 1.88. The fraction of sp³-hybridized carbons (Fsp3) is 0.444. The summed E-state index contributed by atoms with van der Waals surface area (Å²) in [6.45, 7) is 3.02. The average molecular weight is 214 g/mol. The zero-order valence-electron chi connectivity index (χ0n) is 7.99. The Morgan fingerprint density at radius 1 is 1.71 bits per heavy atom. The van der Waals surface area contributed by atoms with Crippen LogP contribution in [-0.2, 0) is 11.3 Å². The van der Waals surface area contributed by atoms with Crippen molar-refractivity contribution in [2.45, 2.75) is 19.5 Å². The molecule has 0 aliphatic carbocycles. The van der Waals surface area contributed by atoms with Crippen LogP contribution in [0, 0.1) is 6.92 Å². The van der Waals surface area contributed by atoms with E-state index in [0.29, 0.717) is 13.1 Å². The van der Waals surface area contributed by atoms with Gasteiger partial charge in [-0.15, -0.1) is 11.3 Å². The van der Waals surface area contributed by atoms with Crippen molar-refractivity contribution in [2.75, 3.05) is 6.54 Å². The van der Waals surface area contributed by atoms with Crippen molar-refractivity contribution in [2.24, 2.45) is 5.73 Å². The number of thiophene rings is 1. The van der Waals surface area contributed by atoms with Crippen LogP contribution in [0.2, 0.25) is 0 Å². The van der Waals surface area contributed by atoms with E-state index in [4.69, 9.17) is 10.8 Å². The number of hydrogen-bond donors (Lipinski definition) is 3. The minimum absolute atomic E-state index is 0.298. The highest BCUT2D eigenvalue weighted by molar-refractivity contribution is 7.11. The molecule has 0 aliphatic heterocycles. The third-order valence-electron chi connectivity index (χ3n) is 1.78. The minimum Gasteiger partial charge on any atom is -0.480 e. The first-order valence-electron chi connectivity index (χ1n) is 4.34. The number of nitrogens with two attached hydrogens (primary N) is 1. The van der Waals surface area contributed by atoms with E-state index in [2.05, 4.69) is 5.32 Å². The molecule has 0 aliphatic rings. The van der Waals surface area contributed by atoms with Crippen molar-refractivity contribution in [1.82, 2.24) is 5.32 Å². The summed E-state index contributed by atoms with van der Waals surface area (Å²) in [4.78, 5) is 12.8. The molecule has 5 heteroatoms. The van der Waals surface area contributed by atoms with E-state index >= 15 is 0 Å². The maximum atomic E-state index is 10.4. The molecule has 14 heavy (non-hydrogen) atoms. The maximum Gasteiger partial charge on any atom is 0.321 e. The Labute approximate surface area is 86.7 Å². The van der Waals surface area contributed by atoms with Crippen LogP contribution in [-0.4, -0.2) is 23.7 Å². The normalized spacial score (nSPS) is 12.7. The number of carboxylic acid groups (broad SMARTS) is 1. The van der Waals surface area contributed by atoms with Crippen molar-refractivity contribution in [1.29, 1.82) is 0 Å². The van der Waals surface area contributed by atoms with Gasteiger partial charge in [0.25, 0.3) is 0 Å². The molecule has 0 aromatic carbocycles. The van der Waals surface area contributed by atoms with Gasteiger partial charge in [0.05, 0.1) is 0 Å². The minimum atomic E-state index is -0.972. The van der Waals surface area contributed by atoms with Gasteiger partial charge in [-0.2, -0.15) is 0 Å². The van der Waals surface area contributed by atoms with Crippen molar-refractivity contribution in [3.63, 3.8) is 0 Å². The third kappa shape index (κ3) is 3.45. The summed E-state index contributed by atoms with van der Waals surface area (Å²) in [6.07, 6.45) is 0. The Hall–Kier alpha value is -0.910. The summed E-state index contributed by atoms with van der Waals surface area (Å²) in [5, 5.41) is 11.5. The van der Waals surface area contributed by atoms with Gasteiger partial charge in [0, 0.05) is 22.8 Å². The molecule has 0 fully saturated rings. The third-order valence-corrected chi connectivity index (χ3v) is 2.78. The molecular formula is C9H14N2O2S.